The Balaban J connectivity index is 2.13. The van der Waals surface area contributed by atoms with Crippen LogP contribution in [0.4, 0.5) is 0 Å². The summed E-state index contributed by atoms with van der Waals surface area (Å²) in [4.78, 5) is 14.0. The molecular weight excluding hydrogens is 286 g/mol. The molecule has 0 saturated carbocycles. The molecule has 1 aliphatic rings. The molecule has 0 aromatic heterocycles. The smallest absolute Gasteiger partial charge is 0.247 e. The average Bonchev–Trinajstić information content (AvgIpc) is 2.86. The molecule has 120 valence electrons. The van der Waals surface area contributed by atoms with E-state index in [1.54, 1.807) is 17.0 Å². The first-order chi connectivity index (χ1) is 10.4. The van der Waals surface area contributed by atoms with Crippen LogP contribution >= 0.6 is 0 Å². The lowest BCUT2D eigenvalue weighted by molar-refractivity contribution is -0.131. The maximum Gasteiger partial charge on any atom is 0.247 e. The summed E-state index contributed by atoms with van der Waals surface area (Å²) in [6, 6.07) is 3.88. The summed E-state index contributed by atoms with van der Waals surface area (Å²) >= 11 is 0. The van der Waals surface area contributed by atoms with Crippen molar-refractivity contribution >= 4 is 12.0 Å². The van der Waals surface area contributed by atoms with Gasteiger partial charge in [-0.05, 0) is 37.6 Å². The molecule has 0 bridgehead atoms. The van der Waals surface area contributed by atoms with Gasteiger partial charge >= 0.3 is 0 Å². The van der Waals surface area contributed by atoms with Gasteiger partial charge in [-0.1, -0.05) is 6.07 Å². The summed E-state index contributed by atoms with van der Waals surface area (Å²) in [6.07, 6.45) is 2.26. The number of phenols is 2. The second-order valence-corrected chi connectivity index (χ2v) is 5.59. The van der Waals surface area contributed by atoms with Crippen LogP contribution in [0, 0.1) is 0 Å². The maximum atomic E-state index is 12.4. The molecule has 1 aliphatic heterocycles. The zero-order chi connectivity index (χ0) is 16.3. The lowest BCUT2D eigenvalue weighted by Gasteiger charge is -2.32. The molecule has 6 heteroatoms. The van der Waals surface area contributed by atoms with Gasteiger partial charge in [-0.15, -0.1) is 0 Å². The van der Waals surface area contributed by atoms with Crippen molar-refractivity contribution in [2.75, 3.05) is 13.2 Å². The monoisotopic (exact) mass is 307 g/mol. The highest BCUT2D eigenvalue weighted by atomic mass is 16.5. The van der Waals surface area contributed by atoms with Crippen molar-refractivity contribution in [3.8, 4) is 11.5 Å². The Morgan fingerprint density at radius 3 is 2.59 bits per heavy atom. The number of benzene rings is 1. The number of amides is 1. The molecule has 1 aromatic carbocycles. The first-order valence-corrected chi connectivity index (χ1v) is 7.18. The van der Waals surface area contributed by atoms with Crippen LogP contribution in [0.15, 0.2) is 24.3 Å². The van der Waals surface area contributed by atoms with E-state index < -0.39 is 6.10 Å². The van der Waals surface area contributed by atoms with E-state index in [-0.39, 0.29) is 36.1 Å². The number of aromatic hydroxyl groups is 2. The molecule has 2 atom stereocenters. The fourth-order valence-electron chi connectivity index (χ4n) is 2.50. The summed E-state index contributed by atoms with van der Waals surface area (Å²) in [5.74, 6) is -0.689. The van der Waals surface area contributed by atoms with Gasteiger partial charge in [-0.25, -0.2) is 0 Å². The van der Waals surface area contributed by atoms with Crippen LogP contribution in [0.3, 0.4) is 0 Å². The predicted octanol–water partition coefficient (Wildman–Crippen LogP) is 1.11. The minimum absolute atomic E-state index is 0.0771. The molecule has 0 radical (unpaired) electrons. The van der Waals surface area contributed by atoms with Crippen molar-refractivity contribution in [1.29, 1.82) is 0 Å². The molecule has 0 aliphatic carbocycles. The maximum absolute atomic E-state index is 12.4. The second-order valence-electron chi connectivity index (χ2n) is 5.59. The molecule has 3 N–H and O–H groups in total. The number of hydrogen-bond acceptors (Lipinski definition) is 5. The average molecular weight is 307 g/mol. The number of carbonyl (C=O) groups is 1. The Morgan fingerprint density at radius 1 is 1.32 bits per heavy atom. The summed E-state index contributed by atoms with van der Waals surface area (Å²) < 4.78 is 5.21. The molecule has 22 heavy (non-hydrogen) atoms. The first-order valence-electron chi connectivity index (χ1n) is 7.18. The largest absolute Gasteiger partial charge is 0.504 e. The van der Waals surface area contributed by atoms with E-state index in [9.17, 15) is 20.1 Å². The number of nitrogens with zero attached hydrogens (tertiary/aromatic N) is 1. The van der Waals surface area contributed by atoms with E-state index in [4.69, 9.17) is 4.74 Å². The van der Waals surface area contributed by atoms with Crippen LogP contribution in [0.5, 0.6) is 11.5 Å². The molecule has 1 saturated heterocycles. The fraction of sp³-hybridized carbons (Fsp3) is 0.438. The lowest BCUT2D eigenvalue weighted by Crippen LogP contribution is -2.49. The highest BCUT2D eigenvalue weighted by Crippen LogP contribution is 2.25. The van der Waals surface area contributed by atoms with Gasteiger partial charge in [0.1, 0.15) is 0 Å². The van der Waals surface area contributed by atoms with Crippen LogP contribution in [0.25, 0.3) is 6.08 Å². The van der Waals surface area contributed by atoms with E-state index in [0.717, 1.165) is 0 Å². The summed E-state index contributed by atoms with van der Waals surface area (Å²) in [5, 5.41) is 28.6. The van der Waals surface area contributed by atoms with Gasteiger partial charge < -0.3 is 25.0 Å². The highest BCUT2D eigenvalue weighted by Gasteiger charge is 2.35. The van der Waals surface area contributed by atoms with Crippen LogP contribution in [-0.2, 0) is 9.53 Å². The van der Waals surface area contributed by atoms with E-state index in [1.165, 1.54) is 18.2 Å². The van der Waals surface area contributed by atoms with Gasteiger partial charge in [0.2, 0.25) is 5.91 Å². The second kappa shape index (κ2) is 6.81. The van der Waals surface area contributed by atoms with Gasteiger partial charge in [0, 0.05) is 12.1 Å². The zero-order valence-corrected chi connectivity index (χ0v) is 12.6. The van der Waals surface area contributed by atoms with Crippen molar-refractivity contribution < 1.29 is 24.9 Å². The molecule has 1 fully saturated rings. The Hall–Kier alpha value is -2.05. The minimum Gasteiger partial charge on any atom is -0.504 e. The topological polar surface area (TPSA) is 90.2 Å². The summed E-state index contributed by atoms with van der Waals surface area (Å²) in [7, 11) is 0. The number of ether oxygens (including phenoxy) is 1. The molecule has 1 amide bonds. The Morgan fingerprint density at radius 2 is 2.05 bits per heavy atom. The number of phenolic OH excluding ortho intramolecular Hbond substituents is 2. The number of carbonyl (C=O) groups excluding carboxylic acids is 1. The van der Waals surface area contributed by atoms with E-state index in [1.807, 2.05) is 13.8 Å². The molecule has 1 heterocycles. The number of aliphatic hydroxyl groups is 1. The van der Waals surface area contributed by atoms with Crippen molar-refractivity contribution in [1.82, 2.24) is 4.90 Å². The standard InChI is InChI=1S/C16H21NO5/c1-10(2)17(12-8-22-9-15(12)20)16(21)6-4-11-3-5-13(18)14(19)7-11/h3-7,10,12,15,18-20H,8-9H2,1-2H3/b6-4+/t12-,15-/m1/s1. The normalized spacial score (nSPS) is 21.6. The quantitative estimate of drug-likeness (QED) is 0.572. The van der Waals surface area contributed by atoms with Crippen molar-refractivity contribution in [3.05, 3.63) is 29.8 Å². The molecule has 0 unspecified atom stereocenters. The Bertz CT molecular complexity index is 570. The highest BCUT2D eigenvalue weighted by molar-refractivity contribution is 5.92. The lowest BCUT2D eigenvalue weighted by atomic mass is 10.1. The van der Waals surface area contributed by atoms with E-state index in [0.29, 0.717) is 12.2 Å². The third-order valence-corrected chi connectivity index (χ3v) is 3.61. The van der Waals surface area contributed by atoms with Crippen LogP contribution in [0.2, 0.25) is 0 Å². The van der Waals surface area contributed by atoms with Crippen LogP contribution in [0.1, 0.15) is 19.4 Å². The number of hydrogen-bond donors (Lipinski definition) is 3. The van der Waals surface area contributed by atoms with E-state index in [2.05, 4.69) is 0 Å². The summed E-state index contributed by atoms with van der Waals surface area (Å²) in [6.45, 7) is 4.31. The number of aliphatic hydroxyl groups excluding tert-OH is 1. The van der Waals surface area contributed by atoms with Crippen LogP contribution < -0.4 is 0 Å². The third-order valence-electron chi connectivity index (χ3n) is 3.61. The molecule has 6 nitrogen and oxygen atoms in total. The molecule has 1 aromatic rings. The van der Waals surface area contributed by atoms with Crippen molar-refractivity contribution in [3.63, 3.8) is 0 Å². The van der Waals surface area contributed by atoms with Crippen molar-refractivity contribution in [2.45, 2.75) is 32.0 Å². The summed E-state index contributed by atoms with van der Waals surface area (Å²) in [5.41, 5.74) is 0.593. The zero-order valence-electron chi connectivity index (χ0n) is 12.6. The van der Waals surface area contributed by atoms with Gasteiger partial charge in [-0.2, -0.15) is 0 Å². The molecule has 0 spiro atoms. The predicted molar refractivity (Wildman–Crippen MR) is 81.4 cm³/mol. The van der Waals surface area contributed by atoms with Gasteiger partial charge in [0.05, 0.1) is 25.4 Å². The van der Waals surface area contributed by atoms with Gasteiger partial charge in [0.15, 0.2) is 11.5 Å². The van der Waals surface area contributed by atoms with E-state index >= 15 is 0 Å². The number of rotatable bonds is 4. The minimum atomic E-state index is -0.683. The van der Waals surface area contributed by atoms with Crippen LogP contribution in [-0.4, -0.2) is 57.5 Å². The first kappa shape index (κ1) is 16.3. The Labute approximate surface area is 129 Å². The van der Waals surface area contributed by atoms with Gasteiger partial charge in [0.25, 0.3) is 0 Å². The SMILES string of the molecule is CC(C)N(C(=O)/C=C/c1ccc(O)c(O)c1)[C@@H]1COC[C@H]1O. The molecular formula is C16H21NO5. The third kappa shape index (κ3) is 3.58. The molecule has 2 rings (SSSR count). The Kier molecular flexibility index (Phi) is 5.05. The van der Waals surface area contributed by atoms with Gasteiger partial charge in [-0.3, -0.25) is 4.79 Å². The van der Waals surface area contributed by atoms with Crippen molar-refractivity contribution in [2.24, 2.45) is 0 Å². The fourth-order valence-corrected chi connectivity index (χ4v) is 2.50.